The first-order chi connectivity index (χ1) is 11.7. The summed E-state index contributed by atoms with van der Waals surface area (Å²) in [5.41, 5.74) is 0.155. The van der Waals surface area contributed by atoms with Gasteiger partial charge in [-0.1, -0.05) is 55.1 Å². The van der Waals surface area contributed by atoms with E-state index >= 15 is 0 Å². The van der Waals surface area contributed by atoms with E-state index in [2.05, 4.69) is 50.2 Å². The average molecular weight is 410 g/mol. The van der Waals surface area contributed by atoms with Crippen molar-refractivity contribution in [2.24, 2.45) is 11.3 Å². The van der Waals surface area contributed by atoms with Crippen LogP contribution in [0.15, 0.2) is 23.4 Å². The molecule has 0 spiro atoms. The molecular weight excluding hydrogens is 376 g/mol. The maximum atomic E-state index is 8.93. The third-order valence-electron chi connectivity index (χ3n) is 4.35. The molecule has 0 bridgehead atoms. The second-order valence-electron chi connectivity index (χ2n) is 6.03. The molecule has 5 nitrogen and oxygen atoms in total. The largest absolute Gasteiger partial charge is 0.533 e. The van der Waals surface area contributed by atoms with Crippen LogP contribution >= 0.6 is 0 Å². The molecule has 0 saturated heterocycles. The van der Waals surface area contributed by atoms with Crippen LogP contribution in [0.5, 0.6) is 0 Å². The molecule has 1 aliphatic carbocycles. The van der Waals surface area contributed by atoms with Crippen LogP contribution in [-0.4, -0.2) is 33.2 Å². The van der Waals surface area contributed by atoms with Crippen LogP contribution in [-0.2, 0) is 38.3 Å². The fraction of sp³-hybridized carbons (Fsp3) is 0.765. The smallest absolute Gasteiger partial charge is 0.459 e. The van der Waals surface area contributed by atoms with Crippen molar-refractivity contribution in [3.8, 4) is 0 Å². The zero-order valence-electron chi connectivity index (χ0n) is 16.2. The van der Waals surface area contributed by atoms with Gasteiger partial charge in [0.25, 0.3) is 0 Å². The van der Waals surface area contributed by atoms with Gasteiger partial charge in [0.2, 0.25) is 0 Å². The maximum absolute atomic E-state index is 8.93. The highest BCUT2D eigenvalue weighted by atomic mass is 32.8. The highest BCUT2D eigenvalue weighted by Crippen LogP contribution is 2.44. The Labute approximate surface area is 160 Å². The minimum Gasteiger partial charge on any atom is -0.459 e. The van der Waals surface area contributed by atoms with E-state index in [9.17, 15) is 0 Å². The Balaban J connectivity index is 0.00000129. The lowest BCUT2D eigenvalue weighted by Gasteiger charge is -2.42. The van der Waals surface area contributed by atoms with Crippen LogP contribution in [0, 0.1) is 11.3 Å². The number of allylic oxidation sites excluding steroid dienone is 4. The molecular formula is C17H33O5S2Si-. The van der Waals surface area contributed by atoms with Crippen LogP contribution < -0.4 is 0 Å². The average Bonchev–Trinajstić information content (AvgIpc) is 2.50. The Morgan fingerprint density at radius 3 is 2.00 bits per heavy atom. The van der Waals surface area contributed by atoms with Crippen LogP contribution in [0.4, 0.5) is 0 Å². The van der Waals surface area contributed by atoms with E-state index < -0.39 is 18.4 Å². The molecule has 2 atom stereocenters. The van der Waals surface area contributed by atoms with Gasteiger partial charge in [0, 0.05) is 25.0 Å². The summed E-state index contributed by atoms with van der Waals surface area (Å²) < 4.78 is 34.5. The molecule has 0 amide bonds. The molecule has 0 aromatic heterocycles. The van der Waals surface area contributed by atoms with Crippen molar-refractivity contribution in [3.63, 3.8) is 0 Å². The summed E-state index contributed by atoms with van der Waals surface area (Å²) in [5.74, 6) is 0.374. The van der Waals surface area contributed by atoms with Crippen LogP contribution in [0.1, 0.15) is 54.4 Å². The molecule has 1 aliphatic rings. The second kappa shape index (κ2) is 12.3. The molecule has 0 aromatic rings. The number of rotatable bonds is 9. The molecule has 0 aliphatic heterocycles. The fourth-order valence-electron chi connectivity index (χ4n) is 3.17. The second-order valence-corrected chi connectivity index (χ2v) is 9.88. The van der Waals surface area contributed by atoms with Crippen molar-refractivity contribution < 1.29 is 22.0 Å². The molecule has 0 aromatic carbocycles. The molecule has 8 heteroatoms. The van der Waals surface area contributed by atoms with Crippen molar-refractivity contribution in [2.45, 2.75) is 54.4 Å². The van der Waals surface area contributed by atoms with Crippen LogP contribution in [0.3, 0.4) is 0 Å². The fourth-order valence-corrected chi connectivity index (χ4v) is 6.22. The Bertz CT molecular complexity index is 494. The van der Waals surface area contributed by atoms with Crippen LogP contribution in [0.25, 0.3) is 0 Å². The predicted molar refractivity (Wildman–Crippen MR) is 108 cm³/mol. The molecule has 0 heterocycles. The molecule has 2 unspecified atom stereocenters. The van der Waals surface area contributed by atoms with Gasteiger partial charge in [-0.3, -0.25) is 0 Å². The zero-order chi connectivity index (χ0) is 19.5. The first-order valence-corrected chi connectivity index (χ1v) is 12.6. The summed E-state index contributed by atoms with van der Waals surface area (Å²) in [7, 11) is -4.79. The Morgan fingerprint density at radius 2 is 1.64 bits per heavy atom. The summed E-state index contributed by atoms with van der Waals surface area (Å²) in [6.07, 6.45) is 8.98. The quantitative estimate of drug-likeness (QED) is 0.346. The van der Waals surface area contributed by atoms with Gasteiger partial charge in [-0.2, -0.15) is 0 Å². The Hall–Kier alpha value is -0.0931. The first kappa shape index (κ1) is 24.9. The molecule has 0 fully saturated rings. The van der Waals surface area contributed by atoms with Crippen molar-refractivity contribution in [2.75, 3.05) is 19.8 Å². The third-order valence-corrected chi connectivity index (χ3v) is 7.67. The summed E-state index contributed by atoms with van der Waals surface area (Å²) in [5, 5.41) is 1.23. The molecule has 0 radical (unpaired) electrons. The van der Waals surface area contributed by atoms with E-state index in [1.807, 2.05) is 20.8 Å². The van der Waals surface area contributed by atoms with Crippen molar-refractivity contribution in [1.82, 2.24) is 0 Å². The molecule has 0 saturated carbocycles. The van der Waals surface area contributed by atoms with Crippen molar-refractivity contribution in [3.05, 3.63) is 23.4 Å². The molecule has 25 heavy (non-hydrogen) atoms. The van der Waals surface area contributed by atoms with Gasteiger partial charge in [0.15, 0.2) is 0 Å². The predicted octanol–water partition coefficient (Wildman–Crippen LogP) is 4.40. The minimum absolute atomic E-state index is 0.155. The number of hydrogen-bond donors (Lipinski definition) is 1. The van der Waals surface area contributed by atoms with Gasteiger partial charge in [-0.15, -0.1) is 0 Å². The van der Waals surface area contributed by atoms with Gasteiger partial charge >= 0.3 is 8.80 Å². The molecule has 1 N–H and O–H groups in total. The molecule has 1 rings (SSSR count). The lowest BCUT2D eigenvalue weighted by Crippen LogP contribution is -2.52. The zero-order valence-corrected chi connectivity index (χ0v) is 18.9. The van der Waals surface area contributed by atoms with Gasteiger partial charge in [0.1, 0.15) is 0 Å². The van der Waals surface area contributed by atoms with E-state index in [0.29, 0.717) is 25.7 Å². The monoisotopic (exact) mass is 409 g/mol. The normalized spacial score (nSPS) is 23.2. The summed E-state index contributed by atoms with van der Waals surface area (Å²) in [6, 6.07) is 0. The standard InChI is InChI=1S/C17H32O3Si.HO2S2/c1-7-13-17(6)14-11-12-16(15(17)5)21(18-8-2,19-9-3)20-10-4;1-4(2)3/h11-12,14-15H,7-10,13H2,1-6H3;(H,1,2,3)/q;-1. The third kappa shape index (κ3) is 7.58. The highest BCUT2D eigenvalue weighted by molar-refractivity contribution is 8.18. The maximum Gasteiger partial charge on any atom is 0.533 e. The SMILES string of the molecule is CCCC1(C)C=CC=C([Si](OCC)(OCC)OCC)C1C.O=[S-](O)=S. The van der Waals surface area contributed by atoms with E-state index in [1.165, 1.54) is 11.6 Å². The topological polar surface area (TPSA) is 65.0 Å². The lowest BCUT2D eigenvalue weighted by atomic mass is 9.72. The summed E-state index contributed by atoms with van der Waals surface area (Å²) >= 11 is 3.65. The lowest BCUT2D eigenvalue weighted by molar-refractivity contribution is 0.0741. The van der Waals surface area contributed by atoms with E-state index in [0.717, 1.165) is 6.42 Å². The number of hydrogen-bond acceptors (Lipinski definition) is 6. The van der Waals surface area contributed by atoms with E-state index in [4.69, 9.17) is 22.0 Å². The van der Waals surface area contributed by atoms with Crippen molar-refractivity contribution >= 4 is 29.6 Å². The highest BCUT2D eigenvalue weighted by Gasteiger charge is 2.50. The van der Waals surface area contributed by atoms with Crippen LogP contribution in [0.2, 0.25) is 0 Å². The van der Waals surface area contributed by atoms with E-state index in [1.54, 1.807) is 0 Å². The van der Waals surface area contributed by atoms with E-state index in [-0.39, 0.29) is 5.41 Å². The first-order valence-electron chi connectivity index (χ1n) is 8.83. The summed E-state index contributed by atoms with van der Waals surface area (Å²) in [4.78, 5) is 0. The Morgan fingerprint density at radius 1 is 1.20 bits per heavy atom. The van der Waals surface area contributed by atoms with Crippen molar-refractivity contribution in [1.29, 1.82) is 0 Å². The van der Waals surface area contributed by atoms with Gasteiger partial charge in [-0.25, -0.2) is 11.2 Å². The summed E-state index contributed by atoms with van der Waals surface area (Å²) in [6.45, 7) is 14.7. The molecule has 148 valence electrons. The Kier molecular flexibility index (Phi) is 12.3. The minimum atomic E-state index is -2.77. The van der Waals surface area contributed by atoms with Gasteiger partial charge < -0.3 is 22.0 Å². The van der Waals surface area contributed by atoms with Gasteiger partial charge in [0.05, 0.1) is 0 Å². The van der Waals surface area contributed by atoms with Gasteiger partial charge in [-0.05, 0) is 38.5 Å².